The van der Waals surface area contributed by atoms with Crippen molar-refractivity contribution in [1.82, 2.24) is 4.98 Å². The number of hydrogen-bond acceptors (Lipinski definition) is 4. The second kappa shape index (κ2) is 8.71. The molecule has 1 atom stereocenters. The van der Waals surface area contributed by atoms with Gasteiger partial charge in [0.15, 0.2) is 5.88 Å². The Labute approximate surface area is 180 Å². The molecular weight excluding hydrogens is 396 g/mol. The van der Waals surface area contributed by atoms with Crippen LogP contribution >= 0.6 is 11.6 Å². The van der Waals surface area contributed by atoms with Crippen LogP contribution in [0.15, 0.2) is 77.8 Å². The molecule has 0 fully saturated rings. The monoisotopic (exact) mass is 418 g/mol. The van der Waals surface area contributed by atoms with Crippen molar-refractivity contribution in [2.75, 3.05) is 6.54 Å². The minimum absolute atomic E-state index is 0.0523. The third-order valence-corrected chi connectivity index (χ3v) is 5.30. The van der Waals surface area contributed by atoms with E-state index in [2.05, 4.69) is 4.98 Å². The average Bonchev–Trinajstić information content (AvgIpc) is 3.08. The van der Waals surface area contributed by atoms with E-state index in [1.54, 1.807) is 12.1 Å². The number of halogens is 1. The van der Waals surface area contributed by atoms with Gasteiger partial charge in [0.1, 0.15) is 0 Å². The summed E-state index contributed by atoms with van der Waals surface area (Å²) in [6, 6.07) is 23.0. The number of nitrogens with two attached hydrogens (primary N) is 2. The topological polar surface area (TPSA) is 100 Å². The van der Waals surface area contributed by atoms with Gasteiger partial charge < -0.3 is 21.6 Å². The maximum Gasteiger partial charge on any atom is 0.199 e. The Morgan fingerprint density at radius 1 is 1.03 bits per heavy atom. The molecule has 4 aromatic rings. The van der Waals surface area contributed by atoms with Gasteiger partial charge in [0.25, 0.3) is 0 Å². The maximum absolute atomic E-state index is 10.7. The number of H-pyrrole nitrogens is 1. The number of aromatic nitrogens is 1. The third-order valence-electron chi connectivity index (χ3n) is 5.06. The van der Waals surface area contributed by atoms with E-state index in [1.807, 2.05) is 60.7 Å². The Bertz CT molecular complexity index is 1180. The van der Waals surface area contributed by atoms with E-state index < -0.39 is 0 Å². The number of aromatic amines is 1. The molecule has 1 heterocycles. The van der Waals surface area contributed by atoms with Crippen LogP contribution in [0, 0.1) is 0 Å². The quantitative estimate of drug-likeness (QED) is 0.330. The van der Waals surface area contributed by atoms with E-state index in [9.17, 15) is 5.11 Å². The van der Waals surface area contributed by atoms with Crippen LogP contribution in [0.5, 0.6) is 5.88 Å². The normalized spacial score (nSPS) is 13.0. The van der Waals surface area contributed by atoms with Gasteiger partial charge >= 0.3 is 0 Å². The summed E-state index contributed by atoms with van der Waals surface area (Å²) < 4.78 is 0. The fourth-order valence-corrected chi connectivity index (χ4v) is 3.70. The zero-order chi connectivity index (χ0) is 21.1. The largest absolute Gasteiger partial charge is 0.494 e. The molecule has 0 aliphatic carbocycles. The third kappa shape index (κ3) is 4.09. The lowest BCUT2D eigenvalue weighted by atomic mass is 10.0. The molecule has 1 aromatic heterocycles. The number of rotatable bonds is 6. The van der Waals surface area contributed by atoms with Crippen molar-refractivity contribution in [1.29, 1.82) is 0 Å². The molecule has 5 nitrogen and oxygen atoms in total. The van der Waals surface area contributed by atoms with Crippen LogP contribution in [0.4, 0.5) is 5.69 Å². The summed E-state index contributed by atoms with van der Waals surface area (Å²) in [4.78, 5) is 7.89. The fraction of sp³-hybridized carbons (Fsp3) is 0.125. The van der Waals surface area contributed by atoms with Crippen molar-refractivity contribution in [3.05, 3.63) is 94.5 Å². The Morgan fingerprint density at radius 3 is 2.47 bits per heavy atom. The van der Waals surface area contributed by atoms with Gasteiger partial charge in [-0.15, -0.1) is 0 Å². The molecule has 4 rings (SSSR count). The van der Waals surface area contributed by atoms with Gasteiger partial charge in [-0.1, -0.05) is 60.1 Å². The van der Waals surface area contributed by atoms with Crippen LogP contribution in [-0.2, 0) is 0 Å². The zero-order valence-electron chi connectivity index (χ0n) is 16.3. The highest BCUT2D eigenvalue weighted by Crippen LogP contribution is 2.33. The first-order valence-corrected chi connectivity index (χ1v) is 10.1. The molecule has 0 saturated heterocycles. The number of aromatic hydroxyl groups is 1. The number of nitrogens with one attached hydrogen (secondary N) is 1. The molecular formula is C24H23ClN4O. The zero-order valence-corrected chi connectivity index (χ0v) is 17.1. The van der Waals surface area contributed by atoms with E-state index in [1.165, 1.54) is 0 Å². The predicted molar refractivity (Wildman–Crippen MR) is 124 cm³/mol. The summed E-state index contributed by atoms with van der Waals surface area (Å²) in [5, 5.41) is 12.1. The molecule has 0 saturated carbocycles. The summed E-state index contributed by atoms with van der Waals surface area (Å²) in [5.74, 6) is 0.0523. The summed E-state index contributed by atoms with van der Waals surface area (Å²) >= 11 is 6.12. The molecule has 0 amide bonds. The number of fused-ring (bicyclic) bond motifs is 1. The van der Waals surface area contributed by atoms with Crippen LogP contribution in [0.25, 0.3) is 10.9 Å². The van der Waals surface area contributed by atoms with Crippen molar-refractivity contribution in [3.8, 4) is 5.88 Å². The summed E-state index contributed by atoms with van der Waals surface area (Å²) in [5.41, 5.74) is 16.5. The van der Waals surface area contributed by atoms with Gasteiger partial charge in [0, 0.05) is 22.0 Å². The van der Waals surface area contributed by atoms with Crippen LogP contribution in [0.3, 0.4) is 0 Å². The van der Waals surface area contributed by atoms with Crippen molar-refractivity contribution >= 4 is 33.9 Å². The molecule has 0 radical (unpaired) electrons. The highest BCUT2D eigenvalue weighted by Gasteiger charge is 2.18. The fourth-order valence-electron chi connectivity index (χ4n) is 3.53. The van der Waals surface area contributed by atoms with Gasteiger partial charge in [-0.05, 0) is 42.8 Å². The van der Waals surface area contributed by atoms with Crippen molar-refractivity contribution in [2.24, 2.45) is 16.5 Å². The first kappa shape index (κ1) is 20.2. The van der Waals surface area contributed by atoms with Crippen LogP contribution < -0.4 is 11.5 Å². The first-order chi connectivity index (χ1) is 14.6. The molecule has 6 heteroatoms. The van der Waals surface area contributed by atoms with Gasteiger partial charge in [-0.3, -0.25) is 0 Å². The number of nitrogens with zero attached hydrogens (tertiary/aromatic N) is 1. The van der Waals surface area contributed by atoms with Crippen LogP contribution in [0.2, 0.25) is 5.02 Å². The van der Waals surface area contributed by atoms with Gasteiger partial charge in [-0.25, -0.2) is 4.99 Å². The van der Waals surface area contributed by atoms with Crippen molar-refractivity contribution < 1.29 is 5.11 Å². The molecule has 6 N–H and O–H groups in total. The van der Waals surface area contributed by atoms with E-state index in [0.717, 1.165) is 34.1 Å². The highest BCUT2D eigenvalue weighted by atomic mass is 35.5. The van der Waals surface area contributed by atoms with E-state index in [0.29, 0.717) is 22.8 Å². The molecule has 3 aromatic carbocycles. The second-order valence-electron chi connectivity index (χ2n) is 7.14. The van der Waals surface area contributed by atoms with E-state index in [4.69, 9.17) is 28.1 Å². The van der Waals surface area contributed by atoms with Crippen LogP contribution in [-0.4, -0.2) is 22.3 Å². The molecule has 0 spiro atoms. The highest BCUT2D eigenvalue weighted by molar-refractivity contribution is 6.31. The molecule has 0 aliphatic rings. The van der Waals surface area contributed by atoms with Crippen molar-refractivity contribution in [2.45, 2.75) is 12.5 Å². The second-order valence-corrected chi connectivity index (χ2v) is 7.58. The van der Waals surface area contributed by atoms with E-state index >= 15 is 0 Å². The number of aliphatic imine (C=N–C) groups is 1. The van der Waals surface area contributed by atoms with Crippen LogP contribution in [0.1, 0.15) is 29.2 Å². The summed E-state index contributed by atoms with van der Waals surface area (Å²) in [6.45, 7) is 0.545. The smallest absolute Gasteiger partial charge is 0.199 e. The lowest BCUT2D eigenvalue weighted by Crippen LogP contribution is -2.15. The standard InChI is InChI=1S/C24H23ClN4O/c25-17-8-11-19-21(14-17)29-24(30)22(19)23(16-4-2-1-3-5-16)28-18-9-6-15(7-10-18)20(27)12-13-26/h1-11,14,20,29-30H,12-13,26-27H2. The lowest BCUT2D eigenvalue weighted by Gasteiger charge is -2.11. The SMILES string of the molecule is NCCC(N)c1ccc(N=C(c2ccccc2)c2c(O)[nH]c3cc(Cl)ccc23)cc1. The Kier molecular flexibility index (Phi) is 5.86. The minimum Gasteiger partial charge on any atom is -0.494 e. The lowest BCUT2D eigenvalue weighted by molar-refractivity contribution is 0.457. The Morgan fingerprint density at radius 2 is 1.77 bits per heavy atom. The maximum atomic E-state index is 10.7. The number of hydrogen-bond donors (Lipinski definition) is 4. The van der Waals surface area contributed by atoms with Crippen molar-refractivity contribution in [3.63, 3.8) is 0 Å². The molecule has 152 valence electrons. The van der Waals surface area contributed by atoms with Gasteiger partial charge in [0.2, 0.25) is 0 Å². The first-order valence-electron chi connectivity index (χ1n) is 9.77. The molecule has 0 aliphatic heterocycles. The number of benzene rings is 3. The molecule has 0 bridgehead atoms. The van der Waals surface area contributed by atoms with E-state index in [-0.39, 0.29) is 11.9 Å². The predicted octanol–water partition coefficient (Wildman–Crippen LogP) is 5.04. The van der Waals surface area contributed by atoms with Gasteiger partial charge in [-0.2, -0.15) is 0 Å². The summed E-state index contributed by atoms with van der Waals surface area (Å²) in [6.07, 6.45) is 0.726. The minimum atomic E-state index is -0.0935. The Balaban J connectivity index is 1.84. The molecule has 1 unspecified atom stereocenters. The Hall–Kier alpha value is -3.12. The summed E-state index contributed by atoms with van der Waals surface area (Å²) in [7, 11) is 0. The van der Waals surface area contributed by atoms with Gasteiger partial charge in [0.05, 0.1) is 22.5 Å². The average molecular weight is 419 g/mol. The molecule has 30 heavy (non-hydrogen) atoms.